The van der Waals surface area contributed by atoms with Crippen molar-refractivity contribution in [2.24, 2.45) is 4.99 Å². The molecule has 4 heterocycles. The number of aromatic nitrogens is 7. The molecule has 1 fully saturated rings. The van der Waals surface area contributed by atoms with Crippen molar-refractivity contribution in [3.63, 3.8) is 0 Å². The summed E-state index contributed by atoms with van der Waals surface area (Å²) in [4.78, 5) is 25.8. The maximum Gasteiger partial charge on any atom is 0.326 e. The van der Waals surface area contributed by atoms with Gasteiger partial charge in [0, 0.05) is 23.7 Å². The van der Waals surface area contributed by atoms with Crippen LogP contribution in [0.25, 0.3) is 17.4 Å². The van der Waals surface area contributed by atoms with Crippen LogP contribution in [0.3, 0.4) is 0 Å². The second kappa shape index (κ2) is 7.89. The Balaban J connectivity index is 1.45. The van der Waals surface area contributed by atoms with Crippen molar-refractivity contribution in [1.29, 1.82) is 0 Å². The van der Waals surface area contributed by atoms with Crippen LogP contribution in [0.1, 0.15) is 18.5 Å². The molecule has 0 spiro atoms. The molecule has 4 aromatic heterocycles. The predicted octanol–water partition coefficient (Wildman–Crippen LogP) is 1.64. The van der Waals surface area contributed by atoms with E-state index >= 15 is 0 Å². The summed E-state index contributed by atoms with van der Waals surface area (Å²) in [6.07, 6.45) is 8.81. The number of nitrogens with zero attached hydrogens (tertiary/aromatic N) is 6. The van der Waals surface area contributed by atoms with Gasteiger partial charge in [0.1, 0.15) is 11.5 Å². The molecule has 34 heavy (non-hydrogen) atoms. The molecule has 170 valence electrons. The van der Waals surface area contributed by atoms with Gasteiger partial charge in [-0.3, -0.25) is 9.98 Å². The molecule has 11 nitrogen and oxygen atoms in total. The number of imidazole rings is 1. The fourth-order valence-electron chi connectivity index (χ4n) is 3.57. The van der Waals surface area contributed by atoms with Gasteiger partial charge in [-0.2, -0.15) is 14.7 Å². The molecule has 1 aromatic carbocycles. The highest BCUT2D eigenvalue weighted by atomic mass is 35.5. The maximum atomic E-state index is 11.5. The van der Waals surface area contributed by atoms with Gasteiger partial charge >= 0.3 is 5.69 Å². The Hall–Kier alpha value is -4.38. The lowest BCUT2D eigenvalue weighted by atomic mass is 10.2. The second-order valence-electron chi connectivity index (χ2n) is 7.92. The third kappa shape index (κ3) is 3.82. The highest BCUT2D eigenvalue weighted by molar-refractivity contribution is 6.33. The lowest BCUT2D eigenvalue weighted by Crippen LogP contribution is -2.20. The average Bonchev–Trinajstić information content (AvgIpc) is 3.18. The summed E-state index contributed by atoms with van der Waals surface area (Å²) in [5, 5.41) is 23.0. The summed E-state index contributed by atoms with van der Waals surface area (Å²) in [7, 11) is 0. The highest BCUT2D eigenvalue weighted by Gasteiger charge is 2.20. The molecule has 1 saturated carbocycles. The molecule has 5 aromatic rings. The van der Waals surface area contributed by atoms with Crippen LogP contribution >= 0.6 is 11.6 Å². The number of hydrogen-bond acceptors (Lipinski definition) is 7. The number of benzene rings is 1. The van der Waals surface area contributed by atoms with Gasteiger partial charge in [-0.25, -0.2) is 14.5 Å². The Kier molecular flexibility index (Phi) is 4.69. The van der Waals surface area contributed by atoms with Crippen LogP contribution in [0.5, 0.6) is 5.88 Å². The molecule has 0 amide bonds. The molecule has 6 rings (SSSR count). The second-order valence-corrected chi connectivity index (χ2v) is 8.33. The Bertz CT molecular complexity index is 1690. The minimum atomic E-state index is -0.506. The van der Waals surface area contributed by atoms with E-state index in [-0.39, 0.29) is 17.6 Å². The monoisotopic (exact) mass is 475 g/mol. The first-order valence-corrected chi connectivity index (χ1v) is 10.9. The normalized spacial score (nSPS) is 14.9. The van der Waals surface area contributed by atoms with Crippen molar-refractivity contribution in [2.45, 2.75) is 18.9 Å². The van der Waals surface area contributed by atoms with E-state index in [2.05, 4.69) is 25.5 Å². The highest BCUT2D eigenvalue weighted by Crippen LogP contribution is 2.27. The zero-order chi connectivity index (χ0) is 23.2. The fourth-order valence-corrected chi connectivity index (χ4v) is 3.79. The predicted molar refractivity (Wildman–Crippen MR) is 125 cm³/mol. The Morgan fingerprint density at radius 3 is 2.82 bits per heavy atom. The summed E-state index contributed by atoms with van der Waals surface area (Å²) in [6.45, 7) is 0. The van der Waals surface area contributed by atoms with Gasteiger partial charge in [0.2, 0.25) is 5.88 Å². The fraction of sp³-hybridized carbons (Fsp3) is 0.136. The van der Waals surface area contributed by atoms with Gasteiger partial charge < -0.3 is 15.4 Å². The number of rotatable bonds is 5. The molecule has 1 aliphatic rings. The van der Waals surface area contributed by atoms with E-state index in [4.69, 9.17) is 21.6 Å². The van der Waals surface area contributed by atoms with Crippen LogP contribution < -0.4 is 21.7 Å². The number of anilines is 2. The van der Waals surface area contributed by atoms with Crippen LogP contribution in [0.4, 0.5) is 11.5 Å². The number of aromatic hydroxyl groups is 1. The lowest BCUT2D eigenvalue weighted by molar-refractivity contribution is 0.454. The van der Waals surface area contributed by atoms with Gasteiger partial charge in [-0.1, -0.05) is 11.6 Å². The van der Waals surface area contributed by atoms with Gasteiger partial charge in [0.05, 0.1) is 28.6 Å². The van der Waals surface area contributed by atoms with Crippen LogP contribution in [-0.2, 0) is 0 Å². The molecule has 0 bridgehead atoms. The summed E-state index contributed by atoms with van der Waals surface area (Å²) >= 11 is 6.54. The SMILES string of the molecule is O=c1[nH]c(O)c(/C=c2/cnn3c(=NC4CC4)cc(Nc4ccc(-n5cccn5)cc4Cl)nc23)[nH]1. The number of fused-ring (bicyclic) bond motifs is 1. The summed E-state index contributed by atoms with van der Waals surface area (Å²) in [5.74, 6) is 0.271. The molecule has 1 aliphatic carbocycles. The third-order valence-corrected chi connectivity index (χ3v) is 5.67. The number of halogens is 1. The summed E-state index contributed by atoms with van der Waals surface area (Å²) < 4.78 is 3.36. The molecule has 12 heteroatoms. The Morgan fingerprint density at radius 2 is 2.12 bits per heavy atom. The minimum absolute atomic E-state index is 0.234. The number of aromatic amines is 2. The van der Waals surface area contributed by atoms with Crippen molar-refractivity contribution in [3.05, 3.63) is 80.8 Å². The molecular formula is C22H18ClN9O2. The Labute approximate surface area is 196 Å². The molecule has 0 atom stereocenters. The largest absolute Gasteiger partial charge is 0.493 e. The quantitative estimate of drug-likeness (QED) is 0.304. The minimum Gasteiger partial charge on any atom is -0.493 e. The van der Waals surface area contributed by atoms with Crippen LogP contribution in [0, 0.1) is 0 Å². The summed E-state index contributed by atoms with van der Waals surface area (Å²) in [5.41, 5.74) is 2.39. The van der Waals surface area contributed by atoms with E-state index in [9.17, 15) is 9.90 Å². The van der Waals surface area contributed by atoms with Crippen LogP contribution in [0.2, 0.25) is 5.02 Å². The zero-order valence-corrected chi connectivity index (χ0v) is 18.4. The lowest BCUT2D eigenvalue weighted by Gasteiger charge is -2.10. The van der Waals surface area contributed by atoms with E-state index in [1.165, 1.54) is 0 Å². The first-order chi connectivity index (χ1) is 16.5. The van der Waals surface area contributed by atoms with E-state index in [1.54, 1.807) is 27.7 Å². The zero-order valence-electron chi connectivity index (χ0n) is 17.6. The van der Waals surface area contributed by atoms with Gasteiger partial charge in [0.15, 0.2) is 11.1 Å². The van der Waals surface area contributed by atoms with E-state index in [0.29, 0.717) is 32.9 Å². The number of nitrogens with one attached hydrogen (secondary N) is 3. The first-order valence-electron chi connectivity index (χ1n) is 10.6. The number of hydrogen-bond donors (Lipinski definition) is 4. The van der Waals surface area contributed by atoms with E-state index < -0.39 is 5.69 Å². The molecule has 0 aliphatic heterocycles. The van der Waals surface area contributed by atoms with Crippen LogP contribution in [-0.4, -0.2) is 45.5 Å². The van der Waals surface area contributed by atoms with Gasteiger partial charge in [-0.15, -0.1) is 0 Å². The van der Waals surface area contributed by atoms with Crippen molar-refractivity contribution in [3.8, 4) is 11.6 Å². The molecule has 4 N–H and O–H groups in total. The van der Waals surface area contributed by atoms with Crippen molar-refractivity contribution >= 4 is 34.8 Å². The van der Waals surface area contributed by atoms with Gasteiger partial charge in [0.25, 0.3) is 0 Å². The molecule has 0 saturated heterocycles. The topological polar surface area (TPSA) is 141 Å². The van der Waals surface area contributed by atoms with E-state index in [0.717, 1.165) is 18.5 Å². The molecular weight excluding hydrogens is 458 g/mol. The van der Waals surface area contributed by atoms with Crippen LogP contribution in [0.15, 0.2) is 58.7 Å². The van der Waals surface area contributed by atoms with Crippen molar-refractivity contribution in [2.75, 3.05) is 5.32 Å². The average molecular weight is 476 g/mol. The first kappa shape index (κ1) is 20.2. The maximum absolute atomic E-state index is 11.5. The summed E-state index contributed by atoms with van der Waals surface area (Å²) in [6, 6.07) is 9.49. The molecule has 0 radical (unpaired) electrons. The van der Waals surface area contributed by atoms with Crippen molar-refractivity contribution < 1.29 is 5.11 Å². The molecule has 0 unspecified atom stereocenters. The number of H-pyrrole nitrogens is 2. The van der Waals surface area contributed by atoms with E-state index in [1.807, 2.05) is 36.5 Å². The third-order valence-electron chi connectivity index (χ3n) is 5.36. The Morgan fingerprint density at radius 1 is 1.24 bits per heavy atom. The van der Waals surface area contributed by atoms with Crippen molar-refractivity contribution in [1.82, 2.24) is 34.3 Å². The smallest absolute Gasteiger partial charge is 0.326 e. The standard InChI is InChI=1S/C22H18ClN9O2/c23-15-9-14(31-7-1-6-24-31)4-5-16(15)27-18-10-19(26-13-2-3-13)32-20(29-18)12(11-25-32)8-17-21(33)30-22(34)28-17/h1,4-11,13,27,33H,2-3H2,(H2,28,30,34)/b12-8-,26-19?. The van der Waals surface area contributed by atoms with Gasteiger partial charge in [-0.05, 0) is 43.2 Å².